The van der Waals surface area contributed by atoms with E-state index in [0.29, 0.717) is 11.1 Å². The lowest BCUT2D eigenvalue weighted by Crippen LogP contribution is -2.37. The zero-order valence-electron chi connectivity index (χ0n) is 12.2. The number of nitrogens with zero attached hydrogens (tertiary/aromatic N) is 1. The van der Waals surface area contributed by atoms with Gasteiger partial charge in [0.25, 0.3) is 11.8 Å². The highest BCUT2D eigenvalue weighted by Crippen LogP contribution is 2.26. The van der Waals surface area contributed by atoms with Crippen LogP contribution in [0.4, 0.5) is 5.00 Å². The summed E-state index contributed by atoms with van der Waals surface area (Å²) in [7, 11) is 0. The number of rotatable bonds is 3. The molecular formula is C16H14N2O3S. The van der Waals surface area contributed by atoms with Crippen molar-refractivity contribution < 1.29 is 14.4 Å². The van der Waals surface area contributed by atoms with Gasteiger partial charge in [-0.2, -0.15) is 0 Å². The number of hydrogen-bond acceptors (Lipinski definition) is 4. The molecule has 2 aromatic rings. The fourth-order valence-corrected chi connectivity index (χ4v) is 3.29. The molecule has 0 spiro atoms. The molecule has 1 aliphatic rings. The number of aryl methyl sites for hydroxylation is 2. The summed E-state index contributed by atoms with van der Waals surface area (Å²) in [6, 6.07) is 8.47. The van der Waals surface area contributed by atoms with Crippen LogP contribution in [-0.2, 0) is 4.79 Å². The molecule has 2 heterocycles. The molecule has 0 saturated carbocycles. The van der Waals surface area contributed by atoms with Crippen LogP contribution in [0.5, 0.6) is 0 Å². The highest BCUT2D eigenvalue weighted by molar-refractivity contribution is 7.16. The summed E-state index contributed by atoms with van der Waals surface area (Å²) in [4.78, 5) is 38.5. The Hall–Kier alpha value is -2.47. The van der Waals surface area contributed by atoms with Crippen LogP contribution in [0.3, 0.4) is 0 Å². The summed E-state index contributed by atoms with van der Waals surface area (Å²) < 4.78 is 0. The van der Waals surface area contributed by atoms with Gasteiger partial charge in [0.2, 0.25) is 5.91 Å². The van der Waals surface area contributed by atoms with Crippen molar-refractivity contribution in [1.82, 2.24) is 4.90 Å². The first-order valence-electron chi connectivity index (χ1n) is 6.79. The topological polar surface area (TPSA) is 66.5 Å². The lowest BCUT2D eigenvalue weighted by atomic mass is 10.1. The van der Waals surface area contributed by atoms with Gasteiger partial charge in [0, 0.05) is 4.88 Å². The van der Waals surface area contributed by atoms with E-state index >= 15 is 0 Å². The normalized spacial score (nSPS) is 13.5. The van der Waals surface area contributed by atoms with Gasteiger partial charge in [0.05, 0.1) is 16.1 Å². The highest BCUT2D eigenvalue weighted by Gasteiger charge is 2.36. The molecule has 0 radical (unpaired) electrons. The fraction of sp³-hybridized carbons (Fsp3) is 0.188. The molecule has 22 heavy (non-hydrogen) atoms. The standard InChI is InChI=1S/C16H14N2O3S/c1-9-7-14(22-10(9)2)17-13(19)8-18-15(20)11-5-3-4-6-12(11)16(18)21/h3-7H,8H2,1-2H3,(H,17,19). The number of carbonyl (C=O) groups excluding carboxylic acids is 3. The van der Waals surface area contributed by atoms with Gasteiger partial charge in [0.15, 0.2) is 0 Å². The number of hydrogen-bond donors (Lipinski definition) is 1. The highest BCUT2D eigenvalue weighted by atomic mass is 32.1. The Labute approximate surface area is 131 Å². The van der Waals surface area contributed by atoms with Crippen molar-refractivity contribution in [3.63, 3.8) is 0 Å². The van der Waals surface area contributed by atoms with Crippen molar-refractivity contribution in [3.05, 3.63) is 51.9 Å². The van der Waals surface area contributed by atoms with Crippen LogP contribution in [-0.4, -0.2) is 29.2 Å². The lowest BCUT2D eigenvalue weighted by molar-refractivity contribution is -0.116. The van der Waals surface area contributed by atoms with Gasteiger partial charge < -0.3 is 5.32 Å². The Morgan fingerprint density at radius 1 is 1.14 bits per heavy atom. The molecule has 112 valence electrons. The van der Waals surface area contributed by atoms with E-state index in [9.17, 15) is 14.4 Å². The molecule has 0 fully saturated rings. The van der Waals surface area contributed by atoms with Crippen molar-refractivity contribution in [1.29, 1.82) is 0 Å². The molecule has 1 aliphatic heterocycles. The second kappa shape index (κ2) is 5.38. The maximum absolute atomic E-state index is 12.2. The van der Waals surface area contributed by atoms with Crippen molar-refractivity contribution in [2.24, 2.45) is 0 Å². The Morgan fingerprint density at radius 2 is 1.73 bits per heavy atom. The van der Waals surface area contributed by atoms with Crippen LogP contribution in [0.25, 0.3) is 0 Å². The van der Waals surface area contributed by atoms with Crippen LogP contribution in [0.15, 0.2) is 30.3 Å². The number of carbonyl (C=O) groups is 3. The minimum Gasteiger partial charge on any atom is -0.316 e. The molecule has 1 N–H and O–H groups in total. The zero-order valence-corrected chi connectivity index (χ0v) is 13.0. The van der Waals surface area contributed by atoms with E-state index in [-0.39, 0.29) is 12.5 Å². The summed E-state index contributed by atoms with van der Waals surface area (Å²) in [5.74, 6) is -1.22. The van der Waals surface area contributed by atoms with E-state index in [1.807, 2.05) is 19.9 Å². The fourth-order valence-electron chi connectivity index (χ4n) is 2.34. The van der Waals surface area contributed by atoms with Crippen LogP contribution >= 0.6 is 11.3 Å². The molecule has 0 saturated heterocycles. The van der Waals surface area contributed by atoms with E-state index in [1.165, 1.54) is 11.3 Å². The van der Waals surface area contributed by atoms with Crippen LogP contribution < -0.4 is 5.32 Å². The molecule has 0 unspecified atom stereocenters. The summed E-state index contributed by atoms with van der Waals surface area (Å²) in [6.07, 6.45) is 0. The van der Waals surface area contributed by atoms with Gasteiger partial charge in [-0.05, 0) is 37.6 Å². The molecule has 3 rings (SSSR count). The van der Waals surface area contributed by atoms with Gasteiger partial charge in [-0.3, -0.25) is 19.3 Å². The number of nitrogens with one attached hydrogen (secondary N) is 1. The molecule has 0 bridgehead atoms. The van der Waals surface area contributed by atoms with Crippen molar-refractivity contribution in [2.45, 2.75) is 13.8 Å². The third-order valence-electron chi connectivity index (χ3n) is 3.61. The van der Waals surface area contributed by atoms with Crippen molar-refractivity contribution >= 4 is 34.1 Å². The van der Waals surface area contributed by atoms with Crippen LogP contribution in [0.1, 0.15) is 31.2 Å². The third-order valence-corrected chi connectivity index (χ3v) is 4.68. The molecule has 0 aliphatic carbocycles. The predicted molar refractivity (Wildman–Crippen MR) is 84.2 cm³/mol. The summed E-state index contributed by atoms with van der Waals surface area (Å²) >= 11 is 1.47. The summed E-state index contributed by atoms with van der Waals surface area (Å²) in [5, 5.41) is 3.45. The van der Waals surface area contributed by atoms with Gasteiger partial charge >= 0.3 is 0 Å². The van der Waals surface area contributed by atoms with E-state index in [0.717, 1.165) is 20.3 Å². The SMILES string of the molecule is Cc1cc(NC(=O)CN2C(=O)c3ccccc3C2=O)sc1C. The minimum absolute atomic E-state index is 0.275. The first-order valence-corrected chi connectivity index (χ1v) is 7.61. The van der Waals surface area contributed by atoms with Crippen molar-refractivity contribution in [3.8, 4) is 0 Å². The number of fused-ring (bicyclic) bond motifs is 1. The molecule has 1 aromatic carbocycles. The molecule has 6 heteroatoms. The van der Waals surface area contributed by atoms with Gasteiger partial charge in [-0.1, -0.05) is 12.1 Å². The minimum atomic E-state index is -0.422. The second-order valence-electron chi connectivity index (χ2n) is 5.14. The average molecular weight is 314 g/mol. The van der Waals surface area contributed by atoms with Crippen LogP contribution in [0, 0.1) is 13.8 Å². The number of imide groups is 1. The number of amides is 3. The largest absolute Gasteiger partial charge is 0.316 e. The Morgan fingerprint density at radius 3 is 2.23 bits per heavy atom. The molecular weight excluding hydrogens is 300 g/mol. The van der Waals surface area contributed by atoms with Gasteiger partial charge in [-0.15, -0.1) is 11.3 Å². The summed E-state index contributed by atoms with van der Waals surface area (Å²) in [5.41, 5.74) is 1.80. The van der Waals surface area contributed by atoms with E-state index in [4.69, 9.17) is 0 Å². The van der Waals surface area contributed by atoms with Gasteiger partial charge in [0.1, 0.15) is 6.54 Å². The van der Waals surface area contributed by atoms with E-state index in [1.54, 1.807) is 24.3 Å². The number of thiophene rings is 1. The number of anilines is 1. The van der Waals surface area contributed by atoms with Gasteiger partial charge in [-0.25, -0.2) is 0 Å². The first kappa shape index (κ1) is 14.5. The summed E-state index contributed by atoms with van der Waals surface area (Å²) in [6.45, 7) is 3.66. The number of benzene rings is 1. The third kappa shape index (κ3) is 2.42. The van der Waals surface area contributed by atoms with E-state index < -0.39 is 11.8 Å². The Bertz CT molecular complexity index is 740. The maximum atomic E-state index is 12.2. The van der Waals surface area contributed by atoms with E-state index in [2.05, 4.69) is 5.32 Å². The molecule has 5 nitrogen and oxygen atoms in total. The molecule has 0 atom stereocenters. The average Bonchev–Trinajstić information content (AvgIpc) is 2.92. The molecule has 1 aromatic heterocycles. The van der Waals surface area contributed by atoms with Crippen LogP contribution in [0.2, 0.25) is 0 Å². The zero-order chi connectivity index (χ0) is 15.9. The smallest absolute Gasteiger partial charge is 0.262 e. The van der Waals surface area contributed by atoms with Crippen molar-refractivity contribution in [2.75, 3.05) is 11.9 Å². The Balaban J connectivity index is 1.73. The maximum Gasteiger partial charge on any atom is 0.262 e. The lowest BCUT2D eigenvalue weighted by Gasteiger charge is -2.12. The monoisotopic (exact) mass is 314 g/mol. The predicted octanol–water partition coefficient (Wildman–Crippen LogP) is 2.60. The second-order valence-corrected chi connectivity index (χ2v) is 6.40. The molecule has 3 amide bonds. The first-order chi connectivity index (χ1) is 10.5. The quantitative estimate of drug-likeness (QED) is 0.886. The Kier molecular flexibility index (Phi) is 3.54.